The zero-order chi connectivity index (χ0) is 14.8. The van der Waals surface area contributed by atoms with E-state index in [9.17, 15) is 4.79 Å². The fraction of sp³-hybridized carbons (Fsp3) is 0.133. The highest BCUT2D eigenvalue weighted by Gasteiger charge is 2.13. The zero-order valence-electron chi connectivity index (χ0n) is 11.3. The first-order valence-electron chi connectivity index (χ1n) is 6.51. The summed E-state index contributed by atoms with van der Waals surface area (Å²) < 4.78 is 0. The molecular formula is C15H13N3O2S. The zero-order valence-corrected chi connectivity index (χ0v) is 12.1. The van der Waals surface area contributed by atoms with E-state index >= 15 is 0 Å². The molecule has 0 amide bonds. The molecule has 3 aromatic heterocycles. The third-order valence-electron chi connectivity index (χ3n) is 3.19. The number of aromatic carboxylic acids is 1. The molecule has 0 aliphatic rings. The van der Waals surface area contributed by atoms with Crippen LogP contribution in [0.1, 0.15) is 23.0 Å². The van der Waals surface area contributed by atoms with E-state index in [2.05, 4.69) is 21.9 Å². The van der Waals surface area contributed by atoms with Crippen LogP contribution in [0, 0.1) is 0 Å². The number of carboxylic acids is 1. The van der Waals surface area contributed by atoms with Crippen molar-refractivity contribution in [3.63, 3.8) is 0 Å². The van der Waals surface area contributed by atoms with Gasteiger partial charge in [-0.3, -0.25) is 4.98 Å². The number of pyridine rings is 1. The van der Waals surface area contributed by atoms with E-state index in [1.54, 1.807) is 18.5 Å². The molecule has 106 valence electrons. The van der Waals surface area contributed by atoms with E-state index in [0.29, 0.717) is 0 Å². The largest absolute Gasteiger partial charge is 0.477 e. The quantitative estimate of drug-likeness (QED) is 0.773. The van der Waals surface area contributed by atoms with E-state index in [0.717, 1.165) is 33.9 Å². The van der Waals surface area contributed by atoms with Crippen molar-refractivity contribution in [2.24, 2.45) is 0 Å². The van der Waals surface area contributed by atoms with Crippen LogP contribution in [-0.2, 0) is 6.42 Å². The van der Waals surface area contributed by atoms with Crippen LogP contribution in [0.5, 0.6) is 0 Å². The Morgan fingerprint density at radius 1 is 1.48 bits per heavy atom. The number of hydrogen-bond acceptors (Lipinski definition) is 4. The average molecular weight is 299 g/mol. The lowest BCUT2D eigenvalue weighted by Gasteiger charge is -2.02. The van der Waals surface area contributed by atoms with Crippen LogP contribution < -0.4 is 0 Å². The number of rotatable bonds is 4. The van der Waals surface area contributed by atoms with Crippen LogP contribution >= 0.6 is 11.3 Å². The molecule has 2 N–H and O–H groups in total. The van der Waals surface area contributed by atoms with Gasteiger partial charge in [0.25, 0.3) is 0 Å². The second kappa shape index (κ2) is 5.49. The normalized spacial score (nSPS) is 10.7. The molecule has 0 aliphatic heterocycles. The van der Waals surface area contributed by atoms with E-state index in [1.165, 1.54) is 11.3 Å². The van der Waals surface area contributed by atoms with Gasteiger partial charge in [0.05, 0.1) is 5.69 Å². The van der Waals surface area contributed by atoms with Gasteiger partial charge >= 0.3 is 5.97 Å². The minimum atomic E-state index is -0.977. The summed E-state index contributed by atoms with van der Waals surface area (Å²) in [7, 11) is 0. The van der Waals surface area contributed by atoms with Crippen LogP contribution in [0.25, 0.3) is 22.0 Å². The second-order valence-electron chi connectivity index (χ2n) is 4.51. The molecule has 3 heterocycles. The molecule has 0 saturated heterocycles. The minimum Gasteiger partial charge on any atom is -0.477 e. The standard InChI is InChI=1S/C15H13N3O2S/c1-2-9-4-3-5-16-13(9)14-18-12(8-21-14)10-6-11(15(19)20)17-7-10/h3-8,17H,2H2,1H3,(H,19,20). The van der Waals surface area contributed by atoms with Crippen molar-refractivity contribution in [2.45, 2.75) is 13.3 Å². The van der Waals surface area contributed by atoms with Gasteiger partial charge in [0, 0.05) is 23.3 Å². The van der Waals surface area contributed by atoms with Gasteiger partial charge in [0.15, 0.2) is 0 Å². The Kier molecular flexibility index (Phi) is 3.53. The summed E-state index contributed by atoms with van der Waals surface area (Å²) in [4.78, 5) is 22.6. The van der Waals surface area contributed by atoms with E-state index in [4.69, 9.17) is 5.11 Å². The maximum Gasteiger partial charge on any atom is 0.352 e. The number of H-pyrrole nitrogens is 1. The first kappa shape index (κ1) is 13.5. The van der Waals surface area contributed by atoms with Gasteiger partial charge in [-0.15, -0.1) is 11.3 Å². The van der Waals surface area contributed by atoms with Gasteiger partial charge in [-0.1, -0.05) is 13.0 Å². The first-order valence-corrected chi connectivity index (χ1v) is 7.39. The van der Waals surface area contributed by atoms with E-state index in [-0.39, 0.29) is 5.69 Å². The molecule has 0 fully saturated rings. The van der Waals surface area contributed by atoms with Gasteiger partial charge in [-0.05, 0) is 24.1 Å². The summed E-state index contributed by atoms with van der Waals surface area (Å²) in [6, 6.07) is 5.55. The van der Waals surface area contributed by atoms with Gasteiger partial charge in [0.1, 0.15) is 16.4 Å². The smallest absolute Gasteiger partial charge is 0.352 e. The second-order valence-corrected chi connectivity index (χ2v) is 5.37. The van der Waals surface area contributed by atoms with Crippen LogP contribution in [0.3, 0.4) is 0 Å². The van der Waals surface area contributed by atoms with E-state index in [1.807, 2.05) is 17.5 Å². The monoisotopic (exact) mass is 299 g/mol. The van der Waals surface area contributed by atoms with Gasteiger partial charge in [-0.25, -0.2) is 9.78 Å². The van der Waals surface area contributed by atoms with E-state index < -0.39 is 5.97 Å². The number of nitrogens with one attached hydrogen (secondary N) is 1. The molecule has 0 aromatic carbocycles. The lowest BCUT2D eigenvalue weighted by Crippen LogP contribution is -1.94. The molecule has 0 saturated carbocycles. The van der Waals surface area contributed by atoms with Crippen LogP contribution in [0.4, 0.5) is 0 Å². The number of aromatic amines is 1. The summed E-state index contributed by atoms with van der Waals surface area (Å²) in [5.74, 6) is -0.977. The number of hydrogen-bond donors (Lipinski definition) is 2. The summed E-state index contributed by atoms with van der Waals surface area (Å²) in [6.07, 6.45) is 4.31. The van der Waals surface area contributed by atoms with Crippen molar-refractivity contribution in [2.75, 3.05) is 0 Å². The third kappa shape index (κ3) is 2.57. The van der Waals surface area contributed by atoms with Crippen LogP contribution in [-0.4, -0.2) is 26.0 Å². The fourth-order valence-electron chi connectivity index (χ4n) is 2.10. The molecule has 6 heteroatoms. The molecule has 0 spiro atoms. The molecule has 0 unspecified atom stereocenters. The predicted molar refractivity (Wildman–Crippen MR) is 81.5 cm³/mol. The number of thiazole rings is 1. The Hall–Kier alpha value is -2.47. The van der Waals surface area contributed by atoms with Crippen molar-refractivity contribution in [3.05, 3.63) is 47.2 Å². The van der Waals surface area contributed by atoms with Crippen LogP contribution in [0.2, 0.25) is 0 Å². The molecule has 3 rings (SSSR count). The number of aryl methyl sites for hydroxylation is 1. The van der Waals surface area contributed by atoms with Gasteiger partial charge in [0.2, 0.25) is 0 Å². The number of nitrogens with zero attached hydrogens (tertiary/aromatic N) is 2. The fourth-order valence-corrected chi connectivity index (χ4v) is 2.96. The van der Waals surface area contributed by atoms with Crippen molar-refractivity contribution in [3.8, 4) is 22.0 Å². The minimum absolute atomic E-state index is 0.159. The Morgan fingerprint density at radius 3 is 3.05 bits per heavy atom. The van der Waals surface area contributed by atoms with Gasteiger partial charge < -0.3 is 10.1 Å². The highest BCUT2D eigenvalue weighted by Crippen LogP contribution is 2.30. The lowest BCUT2D eigenvalue weighted by atomic mass is 10.1. The van der Waals surface area contributed by atoms with Gasteiger partial charge in [-0.2, -0.15) is 0 Å². The Morgan fingerprint density at radius 2 is 2.33 bits per heavy atom. The maximum absolute atomic E-state index is 10.9. The maximum atomic E-state index is 10.9. The third-order valence-corrected chi connectivity index (χ3v) is 4.04. The summed E-state index contributed by atoms with van der Waals surface area (Å²) in [5, 5.41) is 11.7. The molecule has 0 bridgehead atoms. The summed E-state index contributed by atoms with van der Waals surface area (Å²) >= 11 is 1.51. The number of carbonyl (C=O) groups is 1. The molecule has 0 aliphatic carbocycles. The average Bonchev–Trinajstić information content (AvgIpc) is 3.16. The molecule has 21 heavy (non-hydrogen) atoms. The van der Waals surface area contributed by atoms with Crippen molar-refractivity contribution >= 4 is 17.3 Å². The van der Waals surface area contributed by atoms with Crippen molar-refractivity contribution < 1.29 is 9.90 Å². The van der Waals surface area contributed by atoms with Crippen molar-refractivity contribution in [1.82, 2.24) is 15.0 Å². The molecule has 5 nitrogen and oxygen atoms in total. The summed E-state index contributed by atoms with van der Waals surface area (Å²) in [5.41, 5.74) is 3.73. The Bertz CT molecular complexity index is 792. The highest BCUT2D eigenvalue weighted by atomic mass is 32.1. The first-order chi connectivity index (χ1) is 10.2. The summed E-state index contributed by atoms with van der Waals surface area (Å²) in [6.45, 7) is 2.08. The molecule has 0 atom stereocenters. The van der Waals surface area contributed by atoms with Crippen molar-refractivity contribution in [1.29, 1.82) is 0 Å². The number of carboxylic acid groups (broad SMARTS) is 1. The molecule has 0 radical (unpaired) electrons. The SMILES string of the molecule is CCc1cccnc1-c1nc(-c2c[nH]c(C(=O)O)c2)cs1. The Balaban J connectivity index is 1.97. The highest BCUT2D eigenvalue weighted by molar-refractivity contribution is 7.13. The lowest BCUT2D eigenvalue weighted by molar-refractivity contribution is 0.0691. The van der Waals surface area contributed by atoms with Crippen LogP contribution in [0.15, 0.2) is 36.0 Å². The predicted octanol–water partition coefficient (Wildman–Crippen LogP) is 3.46. The molecular weight excluding hydrogens is 286 g/mol. The Labute approximate surface area is 125 Å². The molecule has 3 aromatic rings. The number of aromatic nitrogens is 3. The topological polar surface area (TPSA) is 78.9 Å².